The highest BCUT2D eigenvalue weighted by Crippen LogP contribution is 2.34. The first-order chi connectivity index (χ1) is 16.9. The SMILES string of the molecule is CCOc1cc(C(=O)N(C)Cc2c[n+](O)c(CF)c3cn[nH]c23)c(F)cc1-c1cccc(C#N)c1. The summed E-state index contributed by atoms with van der Waals surface area (Å²) in [7, 11) is 1.49. The van der Waals surface area contributed by atoms with Crippen LogP contribution in [0.5, 0.6) is 5.75 Å². The fraction of sp³-hybridized carbons (Fsp3) is 0.200. The first-order valence-electron chi connectivity index (χ1n) is 10.7. The van der Waals surface area contributed by atoms with E-state index in [4.69, 9.17) is 4.74 Å². The Morgan fingerprint density at radius 2 is 2.14 bits per heavy atom. The van der Waals surface area contributed by atoms with E-state index in [0.29, 0.717) is 43.6 Å². The standard InChI is InChI=1S/C25H21F2N5O3/c1-3-35-23-9-19(21(27)8-18(23)16-6-4-5-15(7-16)11-28)25(33)31(2)13-17-14-32(34)22(10-26)20-12-29-30-24(17)20/h4-9,12,14,34H,3,10,13H2,1-2H3/p+1. The third-order valence-electron chi connectivity index (χ3n) is 5.61. The van der Waals surface area contributed by atoms with Gasteiger partial charge in [-0.15, -0.1) is 0 Å². The Kier molecular flexibility index (Phi) is 6.59. The number of aromatic nitrogens is 3. The number of pyridine rings is 1. The molecule has 2 aromatic heterocycles. The maximum atomic E-state index is 15.2. The van der Waals surface area contributed by atoms with Gasteiger partial charge in [0.05, 0.1) is 53.0 Å². The highest BCUT2D eigenvalue weighted by molar-refractivity contribution is 5.96. The molecule has 35 heavy (non-hydrogen) atoms. The van der Waals surface area contributed by atoms with Crippen LogP contribution in [0.4, 0.5) is 8.78 Å². The number of nitrogens with one attached hydrogen (secondary N) is 1. The van der Waals surface area contributed by atoms with Gasteiger partial charge < -0.3 is 9.64 Å². The fourth-order valence-electron chi connectivity index (χ4n) is 3.92. The number of rotatable bonds is 7. The molecule has 0 saturated heterocycles. The van der Waals surface area contributed by atoms with Crippen molar-refractivity contribution in [1.82, 2.24) is 15.1 Å². The summed E-state index contributed by atoms with van der Waals surface area (Å²) in [6.45, 7) is 1.14. The van der Waals surface area contributed by atoms with Crippen LogP contribution in [0.3, 0.4) is 0 Å². The molecule has 4 aromatic rings. The van der Waals surface area contributed by atoms with E-state index in [2.05, 4.69) is 16.3 Å². The average Bonchev–Trinajstić information content (AvgIpc) is 3.34. The number of halogens is 2. The van der Waals surface area contributed by atoms with E-state index in [1.54, 1.807) is 31.2 Å². The maximum Gasteiger partial charge on any atom is 0.275 e. The monoisotopic (exact) mass is 478 g/mol. The van der Waals surface area contributed by atoms with Crippen molar-refractivity contribution in [1.29, 1.82) is 5.26 Å². The van der Waals surface area contributed by atoms with Gasteiger partial charge in [-0.25, -0.2) is 8.78 Å². The van der Waals surface area contributed by atoms with E-state index in [1.165, 1.54) is 36.5 Å². The second-order valence-corrected chi connectivity index (χ2v) is 7.85. The molecule has 0 atom stereocenters. The lowest BCUT2D eigenvalue weighted by molar-refractivity contribution is -0.909. The lowest BCUT2D eigenvalue weighted by atomic mass is 9.99. The minimum atomic E-state index is -0.906. The molecule has 10 heteroatoms. The van der Waals surface area contributed by atoms with Crippen LogP contribution in [0.1, 0.15) is 34.1 Å². The highest BCUT2D eigenvalue weighted by Gasteiger charge is 2.25. The molecule has 0 fully saturated rings. The Hall–Kier alpha value is -4.52. The lowest BCUT2D eigenvalue weighted by Crippen LogP contribution is -2.36. The zero-order valence-corrected chi connectivity index (χ0v) is 19.0. The van der Waals surface area contributed by atoms with Crippen molar-refractivity contribution < 1.29 is 28.2 Å². The van der Waals surface area contributed by atoms with Gasteiger partial charge in [0.2, 0.25) is 6.20 Å². The minimum absolute atomic E-state index is 0.0139. The molecule has 2 aromatic carbocycles. The van der Waals surface area contributed by atoms with Crippen molar-refractivity contribution in [3.63, 3.8) is 0 Å². The molecule has 4 rings (SSSR count). The second-order valence-electron chi connectivity index (χ2n) is 7.85. The van der Waals surface area contributed by atoms with Crippen molar-refractivity contribution in [3.05, 3.63) is 77.0 Å². The molecule has 0 radical (unpaired) electrons. The van der Waals surface area contributed by atoms with Crippen LogP contribution >= 0.6 is 0 Å². The van der Waals surface area contributed by atoms with Gasteiger partial charge in [-0.05, 0) is 36.8 Å². The molecule has 0 aliphatic carbocycles. The van der Waals surface area contributed by atoms with Gasteiger partial charge in [0, 0.05) is 17.3 Å². The third kappa shape index (κ3) is 4.48. The molecular weight excluding hydrogens is 456 g/mol. The molecule has 8 nitrogen and oxygen atoms in total. The number of nitriles is 1. The maximum absolute atomic E-state index is 15.2. The van der Waals surface area contributed by atoms with Crippen LogP contribution in [0, 0.1) is 17.1 Å². The second kappa shape index (κ2) is 9.77. The number of ether oxygens (including phenoxy) is 1. The summed E-state index contributed by atoms with van der Waals surface area (Å²) >= 11 is 0. The Balaban J connectivity index is 1.69. The number of benzene rings is 2. The number of carbonyl (C=O) groups excluding carboxylic acids is 1. The van der Waals surface area contributed by atoms with Gasteiger partial charge in [0.25, 0.3) is 11.6 Å². The van der Waals surface area contributed by atoms with E-state index >= 15 is 4.39 Å². The molecular formula is C25H22F2N5O3+. The smallest absolute Gasteiger partial charge is 0.275 e. The van der Waals surface area contributed by atoms with Crippen molar-refractivity contribution in [2.24, 2.45) is 0 Å². The van der Waals surface area contributed by atoms with Gasteiger partial charge in [0.15, 0.2) is 6.67 Å². The Bertz CT molecular complexity index is 1460. The summed E-state index contributed by atoms with van der Waals surface area (Å²) in [6.07, 6.45) is 2.67. The predicted molar refractivity (Wildman–Crippen MR) is 122 cm³/mol. The van der Waals surface area contributed by atoms with Crippen LogP contribution in [0.15, 0.2) is 48.8 Å². The average molecular weight is 478 g/mol. The highest BCUT2D eigenvalue weighted by atomic mass is 19.1. The van der Waals surface area contributed by atoms with Crippen LogP contribution in [0.2, 0.25) is 0 Å². The molecule has 0 unspecified atom stereocenters. The van der Waals surface area contributed by atoms with E-state index in [-0.39, 0.29) is 24.4 Å². The van der Waals surface area contributed by atoms with Gasteiger partial charge in [-0.3, -0.25) is 15.1 Å². The number of hydrogen-bond donors (Lipinski definition) is 2. The summed E-state index contributed by atoms with van der Waals surface area (Å²) in [6, 6.07) is 11.3. The van der Waals surface area contributed by atoms with E-state index in [9.17, 15) is 19.7 Å². The topological polar surface area (TPSA) is 106 Å². The molecule has 1 amide bonds. The quantitative estimate of drug-likeness (QED) is 0.310. The molecule has 178 valence electrons. The number of H-pyrrole nitrogens is 1. The van der Waals surface area contributed by atoms with Crippen molar-refractivity contribution in [2.45, 2.75) is 20.1 Å². The number of alkyl halides is 1. The molecule has 0 bridgehead atoms. The molecule has 0 spiro atoms. The number of hydrogen-bond acceptors (Lipinski definition) is 5. The van der Waals surface area contributed by atoms with Gasteiger partial charge in [0.1, 0.15) is 11.6 Å². The van der Waals surface area contributed by atoms with E-state index < -0.39 is 18.4 Å². The Labute approximate surface area is 199 Å². The van der Waals surface area contributed by atoms with Crippen molar-refractivity contribution in [3.8, 4) is 22.9 Å². The van der Waals surface area contributed by atoms with Crippen molar-refractivity contribution >= 4 is 16.8 Å². The number of fused-ring (bicyclic) bond motifs is 1. The lowest BCUT2D eigenvalue weighted by Gasteiger charge is -2.19. The summed E-state index contributed by atoms with van der Waals surface area (Å²) < 4.78 is 34.9. The third-order valence-corrected chi connectivity index (χ3v) is 5.61. The number of carbonyl (C=O) groups is 1. The van der Waals surface area contributed by atoms with Crippen molar-refractivity contribution in [2.75, 3.05) is 13.7 Å². The molecule has 0 aliphatic rings. The zero-order valence-electron chi connectivity index (χ0n) is 19.0. The minimum Gasteiger partial charge on any atom is -0.493 e. The van der Waals surface area contributed by atoms with Gasteiger partial charge in [-0.2, -0.15) is 10.4 Å². The number of aromatic amines is 1. The Morgan fingerprint density at radius 3 is 2.86 bits per heavy atom. The molecule has 0 saturated carbocycles. The van der Waals surface area contributed by atoms with E-state index in [0.717, 1.165) is 0 Å². The normalized spacial score (nSPS) is 10.8. The largest absolute Gasteiger partial charge is 0.493 e. The predicted octanol–water partition coefficient (Wildman–Crippen LogP) is 3.91. The molecule has 2 heterocycles. The number of nitrogens with zero attached hydrogens (tertiary/aromatic N) is 4. The first-order valence-corrected chi connectivity index (χ1v) is 10.7. The molecule has 2 N–H and O–H groups in total. The Morgan fingerprint density at radius 1 is 1.34 bits per heavy atom. The van der Waals surface area contributed by atoms with Gasteiger partial charge in [-0.1, -0.05) is 12.1 Å². The van der Waals surface area contributed by atoms with Gasteiger partial charge >= 0.3 is 0 Å². The summed E-state index contributed by atoms with van der Waals surface area (Å²) in [5.41, 5.74) is 2.16. The summed E-state index contributed by atoms with van der Waals surface area (Å²) in [5, 5.41) is 26.3. The zero-order chi connectivity index (χ0) is 25.1. The van der Waals surface area contributed by atoms with Crippen LogP contribution in [-0.4, -0.2) is 39.9 Å². The summed E-state index contributed by atoms with van der Waals surface area (Å²) in [4.78, 5) is 14.5. The molecule has 0 aliphatic heterocycles. The first kappa shape index (κ1) is 23.6. The van der Waals surface area contributed by atoms with Crippen LogP contribution in [-0.2, 0) is 13.2 Å². The number of amides is 1. The van der Waals surface area contributed by atoms with Crippen LogP contribution < -0.4 is 9.47 Å². The fourth-order valence-corrected chi connectivity index (χ4v) is 3.92. The summed E-state index contributed by atoms with van der Waals surface area (Å²) in [5.74, 6) is -1.07. The van der Waals surface area contributed by atoms with Crippen LogP contribution in [0.25, 0.3) is 22.0 Å². The van der Waals surface area contributed by atoms with E-state index in [1.807, 2.05) is 0 Å².